The molecular weight excluding hydrogens is 278 g/mol. The Hall–Kier alpha value is -1.36. The number of fused-ring (bicyclic) bond motifs is 1. The minimum atomic E-state index is -0.0326. The van der Waals surface area contributed by atoms with Crippen LogP contribution in [0.1, 0.15) is 55.8 Å². The SMILES string of the molecule is CCCN1CCc2oc(C(=O)N3C[C@H](C)C[C@H](C)C3)nc2C1. The molecule has 1 amide bonds. The number of hydrogen-bond acceptors (Lipinski definition) is 4. The molecule has 3 rings (SSSR count). The number of nitrogens with zero attached hydrogens (tertiary/aromatic N) is 3. The zero-order valence-corrected chi connectivity index (χ0v) is 14.0. The molecule has 0 spiro atoms. The summed E-state index contributed by atoms with van der Waals surface area (Å²) in [5.74, 6) is 2.28. The minimum absolute atomic E-state index is 0.0326. The highest BCUT2D eigenvalue weighted by Gasteiger charge is 2.31. The monoisotopic (exact) mass is 305 g/mol. The number of aromatic nitrogens is 1. The average Bonchev–Trinajstić information content (AvgIpc) is 2.89. The maximum absolute atomic E-state index is 12.7. The van der Waals surface area contributed by atoms with Gasteiger partial charge in [-0.3, -0.25) is 9.69 Å². The summed E-state index contributed by atoms with van der Waals surface area (Å²) < 4.78 is 5.79. The highest BCUT2D eigenvalue weighted by atomic mass is 16.4. The van der Waals surface area contributed by atoms with Crippen molar-refractivity contribution in [2.24, 2.45) is 11.8 Å². The standard InChI is InChI=1S/C17H27N3O2/c1-4-6-19-7-5-15-14(11-19)18-16(22-15)17(21)20-9-12(2)8-13(3)10-20/h12-13H,4-11H2,1-3H3/t12-,13+. The topological polar surface area (TPSA) is 49.6 Å². The van der Waals surface area contributed by atoms with Crippen LogP contribution in [0.5, 0.6) is 0 Å². The van der Waals surface area contributed by atoms with Crippen molar-refractivity contribution in [2.45, 2.75) is 46.6 Å². The maximum atomic E-state index is 12.7. The van der Waals surface area contributed by atoms with Crippen molar-refractivity contribution in [2.75, 3.05) is 26.2 Å². The second-order valence-electron chi connectivity index (χ2n) is 7.07. The van der Waals surface area contributed by atoms with Gasteiger partial charge in [-0.15, -0.1) is 0 Å². The molecule has 122 valence electrons. The first kappa shape index (κ1) is 15.5. The molecule has 0 N–H and O–H groups in total. The molecule has 5 nitrogen and oxygen atoms in total. The molecular formula is C17H27N3O2. The lowest BCUT2D eigenvalue weighted by Gasteiger charge is -2.34. The molecule has 2 aliphatic rings. The van der Waals surface area contributed by atoms with Crippen LogP contribution in [0.2, 0.25) is 0 Å². The van der Waals surface area contributed by atoms with E-state index in [1.807, 2.05) is 4.90 Å². The fourth-order valence-electron chi connectivity index (χ4n) is 3.82. The maximum Gasteiger partial charge on any atom is 0.309 e. The third-order valence-corrected chi connectivity index (χ3v) is 4.69. The van der Waals surface area contributed by atoms with Gasteiger partial charge < -0.3 is 9.32 Å². The Bertz CT molecular complexity index is 530. The number of amides is 1. The van der Waals surface area contributed by atoms with Crippen LogP contribution >= 0.6 is 0 Å². The van der Waals surface area contributed by atoms with Gasteiger partial charge in [0.25, 0.3) is 5.89 Å². The molecule has 0 aliphatic carbocycles. The first-order valence-corrected chi connectivity index (χ1v) is 8.57. The Balaban J connectivity index is 1.72. The van der Waals surface area contributed by atoms with Crippen molar-refractivity contribution in [1.29, 1.82) is 0 Å². The van der Waals surface area contributed by atoms with Crippen molar-refractivity contribution < 1.29 is 9.21 Å². The molecule has 0 aromatic carbocycles. The van der Waals surface area contributed by atoms with Gasteiger partial charge in [0.15, 0.2) is 0 Å². The van der Waals surface area contributed by atoms with E-state index in [0.29, 0.717) is 17.7 Å². The first-order valence-electron chi connectivity index (χ1n) is 8.57. The van der Waals surface area contributed by atoms with Gasteiger partial charge in [-0.1, -0.05) is 20.8 Å². The number of rotatable bonds is 3. The fraction of sp³-hybridized carbons (Fsp3) is 0.765. The van der Waals surface area contributed by atoms with Crippen LogP contribution in [0.4, 0.5) is 0 Å². The molecule has 5 heteroatoms. The molecule has 3 heterocycles. The zero-order valence-electron chi connectivity index (χ0n) is 14.0. The number of carbonyl (C=O) groups excluding carboxylic acids is 1. The summed E-state index contributed by atoms with van der Waals surface area (Å²) in [4.78, 5) is 21.5. The van der Waals surface area contributed by atoms with E-state index in [0.717, 1.165) is 57.0 Å². The van der Waals surface area contributed by atoms with Crippen LogP contribution in [0.3, 0.4) is 0 Å². The molecule has 1 saturated heterocycles. The highest BCUT2D eigenvalue weighted by molar-refractivity contribution is 5.89. The normalized spacial score (nSPS) is 26.0. The smallest absolute Gasteiger partial charge is 0.309 e. The number of oxazole rings is 1. The summed E-state index contributed by atoms with van der Waals surface area (Å²) in [6.45, 7) is 11.1. The summed E-state index contributed by atoms with van der Waals surface area (Å²) in [5, 5.41) is 0. The highest BCUT2D eigenvalue weighted by Crippen LogP contribution is 2.24. The largest absolute Gasteiger partial charge is 0.437 e. The molecule has 0 unspecified atom stereocenters. The number of hydrogen-bond donors (Lipinski definition) is 0. The lowest BCUT2D eigenvalue weighted by molar-refractivity contribution is 0.0581. The molecule has 1 aromatic rings. The molecule has 1 aromatic heterocycles. The van der Waals surface area contributed by atoms with Gasteiger partial charge in [0.05, 0.1) is 5.69 Å². The summed E-state index contributed by atoms with van der Waals surface area (Å²) in [6.07, 6.45) is 3.20. The van der Waals surface area contributed by atoms with Crippen LogP contribution in [0.25, 0.3) is 0 Å². The van der Waals surface area contributed by atoms with Crippen LogP contribution in [0, 0.1) is 11.8 Å². The molecule has 22 heavy (non-hydrogen) atoms. The van der Waals surface area contributed by atoms with Gasteiger partial charge in [-0.05, 0) is 31.2 Å². The van der Waals surface area contributed by atoms with Crippen molar-refractivity contribution in [3.63, 3.8) is 0 Å². The zero-order chi connectivity index (χ0) is 15.7. The first-order chi connectivity index (χ1) is 10.6. The average molecular weight is 305 g/mol. The molecule has 0 saturated carbocycles. The quantitative estimate of drug-likeness (QED) is 0.861. The Morgan fingerprint density at radius 2 is 2.05 bits per heavy atom. The third kappa shape index (κ3) is 3.19. The van der Waals surface area contributed by atoms with Gasteiger partial charge in [-0.2, -0.15) is 0 Å². The summed E-state index contributed by atoms with van der Waals surface area (Å²) in [5.41, 5.74) is 0.959. The van der Waals surface area contributed by atoms with E-state index in [4.69, 9.17) is 4.42 Å². The second kappa shape index (κ2) is 6.41. The molecule has 2 atom stereocenters. The third-order valence-electron chi connectivity index (χ3n) is 4.69. The Kier molecular flexibility index (Phi) is 4.52. The van der Waals surface area contributed by atoms with Gasteiger partial charge in [0.1, 0.15) is 5.76 Å². The lowest BCUT2D eigenvalue weighted by atomic mass is 9.92. The predicted molar refractivity (Wildman–Crippen MR) is 84.6 cm³/mol. The lowest BCUT2D eigenvalue weighted by Crippen LogP contribution is -2.42. The van der Waals surface area contributed by atoms with Crippen molar-refractivity contribution in [3.05, 3.63) is 17.3 Å². The number of likely N-dealkylation sites (tertiary alicyclic amines) is 1. The summed E-state index contributed by atoms with van der Waals surface area (Å²) in [6, 6.07) is 0. The van der Waals surface area contributed by atoms with E-state index in [9.17, 15) is 4.79 Å². The van der Waals surface area contributed by atoms with Crippen molar-refractivity contribution >= 4 is 5.91 Å². The Morgan fingerprint density at radius 3 is 2.73 bits per heavy atom. The molecule has 1 fully saturated rings. The summed E-state index contributed by atoms with van der Waals surface area (Å²) >= 11 is 0. The summed E-state index contributed by atoms with van der Waals surface area (Å²) in [7, 11) is 0. The van der Waals surface area contributed by atoms with Gasteiger partial charge in [-0.25, -0.2) is 4.98 Å². The van der Waals surface area contributed by atoms with E-state index in [1.165, 1.54) is 6.42 Å². The van der Waals surface area contributed by atoms with E-state index < -0.39 is 0 Å². The van der Waals surface area contributed by atoms with E-state index in [-0.39, 0.29) is 5.91 Å². The molecule has 0 bridgehead atoms. The van der Waals surface area contributed by atoms with Gasteiger partial charge >= 0.3 is 5.91 Å². The fourth-order valence-corrected chi connectivity index (χ4v) is 3.82. The Morgan fingerprint density at radius 1 is 1.32 bits per heavy atom. The molecule has 2 aliphatic heterocycles. The Labute approximate surface area is 132 Å². The van der Waals surface area contributed by atoms with E-state index in [1.54, 1.807) is 0 Å². The van der Waals surface area contributed by atoms with Crippen LogP contribution in [-0.2, 0) is 13.0 Å². The van der Waals surface area contributed by atoms with Gasteiger partial charge in [0, 0.05) is 32.6 Å². The van der Waals surface area contributed by atoms with Crippen LogP contribution in [-0.4, -0.2) is 46.9 Å². The predicted octanol–water partition coefficient (Wildman–Crippen LogP) is 2.56. The number of carbonyl (C=O) groups is 1. The van der Waals surface area contributed by atoms with Crippen molar-refractivity contribution in [1.82, 2.24) is 14.8 Å². The minimum Gasteiger partial charge on any atom is -0.437 e. The van der Waals surface area contributed by atoms with Crippen LogP contribution in [0.15, 0.2) is 4.42 Å². The van der Waals surface area contributed by atoms with Gasteiger partial charge in [0.2, 0.25) is 0 Å². The van der Waals surface area contributed by atoms with Crippen molar-refractivity contribution in [3.8, 4) is 0 Å². The second-order valence-corrected chi connectivity index (χ2v) is 7.07. The molecule has 0 radical (unpaired) electrons. The number of piperidine rings is 1. The van der Waals surface area contributed by atoms with E-state index in [2.05, 4.69) is 30.7 Å². The van der Waals surface area contributed by atoms with Crippen LogP contribution < -0.4 is 0 Å². The van der Waals surface area contributed by atoms with E-state index >= 15 is 0 Å².